The summed E-state index contributed by atoms with van der Waals surface area (Å²) in [7, 11) is 1.63. The molecule has 0 saturated heterocycles. The summed E-state index contributed by atoms with van der Waals surface area (Å²) in [5.41, 5.74) is 3.87. The molecule has 6 nitrogen and oxygen atoms in total. The molecule has 2 aromatic carbocycles. The molecule has 1 unspecified atom stereocenters. The van der Waals surface area contributed by atoms with Crippen molar-refractivity contribution in [2.24, 2.45) is 0 Å². The molecule has 3 aromatic rings. The quantitative estimate of drug-likeness (QED) is 0.489. The average Bonchev–Trinajstić information content (AvgIpc) is 2.83. The third-order valence-corrected chi connectivity index (χ3v) is 5.14. The highest BCUT2D eigenvalue weighted by atomic mass is 16.4. The maximum absolute atomic E-state index is 12.9. The van der Waals surface area contributed by atoms with Crippen LogP contribution in [0.5, 0.6) is 0 Å². The third-order valence-electron chi connectivity index (χ3n) is 5.14. The Morgan fingerprint density at radius 3 is 2.47 bits per heavy atom. The van der Waals surface area contributed by atoms with Crippen LogP contribution in [-0.4, -0.2) is 34.1 Å². The number of amides is 1. The Bertz CT molecular complexity index is 1080. The van der Waals surface area contributed by atoms with E-state index in [0.29, 0.717) is 24.1 Å². The van der Waals surface area contributed by atoms with Gasteiger partial charge >= 0.3 is 5.97 Å². The molecule has 1 amide bonds. The molecule has 0 aliphatic rings. The van der Waals surface area contributed by atoms with Crippen LogP contribution in [0, 0.1) is 0 Å². The lowest BCUT2D eigenvalue weighted by molar-refractivity contribution is -0.137. The molecule has 2 N–H and O–H groups in total. The molecule has 1 aromatic heterocycles. The number of nitrogens with zero attached hydrogens (tertiary/aromatic N) is 2. The summed E-state index contributed by atoms with van der Waals surface area (Å²) < 4.78 is 0. The molecule has 164 valence electrons. The van der Waals surface area contributed by atoms with Crippen LogP contribution in [0.4, 0.5) is 5.69 Å². The highest BCUT2D eigenvalue weighted by Crippen LogP contribution is 2.28. The topological polar surface area (TPSA) is 90.7 Å². The number of pyridine rings is 1. The van der Waals surface area contributed by atoms with E-state index < -0.39 is 18.0 Å². The monoisotopic (exact) mass is 430 g/mol. The number of aliphatic carboxylic acids is 1. The van der Waals surface area contributed by atoms with Gasteiger partial charge in [0.1, 0.15) is 0 Å². The van der Waals surface area contributed by atoms with Crippen molar-refractivity contribution in [2.45, 2.75) is 25.4 Å². The van der Waals surface area contributed by atoms with Crippen LogP contribution in [-0.2, 0) is 9.59 Å². The van der Waals surface area contributed by atoms with E-state index in [1.807, 2.05) is 48.5 Å². The van der Waals surface area contributed by atoms with Crippen LogP contribution in [0.15, 0.2) is 85.2 Å². The smallest absolute Gasteiger partial charge is 0.303 e. The predicted molar refractivity (Wildman–Crippen MR) is 124 cm³/mol. The predicted octanol–water partition coefficient (Wildman–Crippen LogP) is 4.46. The van der Waals surface area contributed by atoms with E-state index in [0.717, 1.165) is 16.7 Å². The molecule has 0 aliphatic heterocycles. The Hall–Kier alpha value is -3.77. The van der Waals surface area contributed by atoms with E-state index in [2.05, 4.69) is 4.98 Å². The third kappa shape index (κ3) is 5.89. The largest absolute Gasteiger partial charge is 0.481 e. The van der Waals surface area contributed by atoms with Gasteiger partial charge in [-0.2, -0.15) is 0 Å². The van der Waals surface area contributed by atoms with E-state index in [1.165, 1.54) is 4.90 Å². The molecule has 0 fully saturated rings. The molecular formula is C26H26N2O4. The van der Waals surface area contributed by atoms with Gasteiger partial charge in [0.05, 0.1) is 0 Å². The lowest BCUT2D eigenvalue weighted by Crippen LogP contribution is -2.31. The van der Waals surface area contributed by atoms with Crippen LogP contribution in [0.2, 0.25) is 0 Å². The number of aromatic nitrogens is 1. The molecular weight excluding hydrogens is 404 g/mol. The molecule has 0 aliphatic carbocycles. The fourth-order valence-corrected chi connectivity index (χ4v) is 3.39. The Morgan fingerprint density at radius 2 is 1.78 bits per heavy atom. The van der Waals surface area contributed by atoms with Crippen molar-refractivity contribution < 1.29 is 19.8 Å². The molecule has 1 heterocycles. The highest BCUT2D eigenvalue weighted by Gasteiger charge is 2.22. The summed E-state index contributed by atoms with van der Waals surface area (Å²) in [6.45, 7) is 0. The standard InChI is InChI=1S/C26H26N2O4/c1-28(26(32)25(31)19-9-3-2-4-10-19)22-13-7-11-20(17-22)23(14-5-6-15-24(29)30)21-12-8-16-27-18-21/h2-4,7-14,16-18,25,31H,5-6,15H2,1H3,(H,29,30). The van der Waals surface area contributed by atoms with Gasteiger partial charge in [-0.1, -0.05) is 54.6 Å². The zero-order chi connectivity index (χ0) is 22.9. The van der Waals surface area contributed by atoms with Gasteiger partial charge in [0, 0.05) is 37.1 Å². The summed E-state index contributed by atoms with van der Waals surface area (Å²) in [6.07, 6.45) is 5.42. The molecule has 32 heavy (non-hydrogen) atoms. The van der Waals surface area contributed by atoms with Crippen molar-refractivity contribution in [3.8, 4) is 0 Å². The average molecular weight is 431 g/mol. The molecule has 0 bridgehead atoms. The van der Waals surface area contributed by atoms with Crippen LogP contribution >= 0.6 is 0 Å². The fourth-order valence-electron chi connectivity index (χ4n) is 3.39. The maximum Gasteiger partial charge on any atom is 0.303 e. The minimum atomic E-state index is -1.26. The Balaban J connectivity index is 1.87. The van der Waals surface area contributed by atoms with Crippen molar-refractivity contribution in [3.05, 3.63) is 102 Å². The van der Waals surface area contributed by atoms with Gasteiger partial charge in [-0.3, -0.25) is 14.6 Å². The number of allylic oxidation sites excluding steroid dienone is 1. The lowest BCUT2D eigenvalue weighted by atomic mass is 9.97. The van der Waals surface area contributed by atoms with E-state index in [-0.39, 0.29) is 6.42 Å². The Morgan fingerprint density at radius 1 is 1.03 bits per heavy atom. The number of carbonyl (C=O) groups is 2. The number of aliphatic hydroxyl groups excluding tert-OH is 1. The SMILES string of the molecule is CN(C(=O)C(O)c1ccccc1)c1cccc(C(=CCCCC(=O)O)c2cccnc2)c1. The number of anilines is 1. The number of carboxylic acid groups (broad SMARTS) is 1. The fraction of sp³-hybridized carbons (Fsp3) is 0.192. The summed E-state index contributed by atoms with van der Waals surface area (Å²) in [6, 6.07) is 20.1. The zero-order valence-electron chi connectivity index (χ0n) is 17.9. The van der Waals surface area contributed by atoms with Gasteiger partial charge in [0.15, 0.2) is 6.10 Å². The zero-order valence-corrected chi connectivity index (χ0v) is 17.9. The number of hydrogen-bond donors (Lipinski definition) is 2. The van der Waals surface area contributed by atoms with Crippen LogP contribution in [0.25, 0.3) is 5.57 Å². The molecule has 0 spiro atoms. The summed E-state index contributed by atoms with van der Waals surface area (Å²) in [5, 5.41) is 19.4. The number of hydrogen-bond acceptors (Lipinski definition) is 4. The minimum absolute atomic E-state index is 0.103. The minimum Gasteiger partial charge on any atom is -0.481 e. The number of aliphatic hydroxyl groups is 1. The highest BCUT2D eigenvalue weighted by molar-refractivity contribution is 5.97. The normalized spacial score (nSPS) is 12.2. The van der Waals surface area contributed by atoms with E-state index in [9.17, 15) is 14.7 Å². The van der Waals surface area contributed by atoms with Crippen LogP contribution in [0.1, 0.15) is 42.1 Å². The lowest BCUT2D eigenvalue weighted by Gasteiger charge is -2.22. The number of carbonyl (C=O) groups excluding carboxylic acids is 1. The summed E-state index contributed by atoms with van der Waals surface area (Å²) in [4.78, 5) is 29.3. The molecule has 0 radical (unpaired) electrons. The number of carboxylic acids is 1. The molecule has 0 saturated carbocycles. The molecule has 3 rings (SSSR count). The van der Waals surface area contributed by atoms with Crippen molar-refractivity contribution in [3.63, 3.8) is 0 Å². The molecule has 6 heteroatoms. The van der Waals surface area contributed by atoms with E-state index in [1.54, 1.807) is 43.7 Å². The van der Waals surface area contributed by atoms with Crippen LogP contribution in [0.3, 0.4) is 0 Å². The first-order chi connectivity index (χ1) is 15.5. The first-order valence-electron chi connectivity index (χ1n) is 10.4. The van der Waals surface area contributed by atoms with Crippen molar-refractivity contribution in [1.82, 2.24) is 4.98 Å². The first kappa shape index (κ1) is 22.9. The van der Waals surface area contributed by atoms with E-state index >= 15 is 0 Å². The van der Waals surface area contributed by atoms with Gasteiger partial charge in [-0.25, -0.2) is 0 Å². The van der Waals surface area contributed by atoms with Crippen molar-refractivity contribution >= 4 is 23.1 Å². The number of likely N-dealkylation sites (N-methyl/N-ethyl adjacent to an activating group) is 1. The number of unbranched alkanes of at least 4 members (excludes halogenated alkanes) is 1. The number of benzene rings is 2. The second kappa shape index (κ2) is 11.0. The first-order valence-corrected chi connectivity index (χ1v) is 10.4. The van der Waals surface area contributed by atoms with Crippen LogP contribution < -0.4 is 4.90 Å². The summed E-state index contributed by atoms with van der Waals surface area (Å²) >= 11 is 0. The maximum atomic E-state index is 12.9. The Kier molecular flexibility index (Phi) is 7.89. The van der Waals surface area contributed by atoms with Gasteiger partial charge < -0.3 is 15.1 Å². The van der Waals surface area contributed by atoms with Crippen molar-refractivity contribution in [2.75, 3.05) is 11.9 Å². The van der Waals surface area contributed by atoms with Gasteiger partial charge in [0.25, 0.3) is 5.91 Å². The number of rotatable bonds is 9. The molecule has 1 atom stereocenters. The second-order valence-corrected chi connectivity index (χ2v) is 7.41. The van der Waals surface area contributed by atoms with E-state index in [4.69, 9.17) is 5.11 Å². The van der Waals surface area contributed by atoms with Gasteiger partial charge in [-0.05, 0) is 47.7 Å². The second-order valence-electron chi connectivity index (χ2n) is 7.41. The van der Waals surface area contributed by atoms with Gasteiger partial charge in [0.2, 0.25) is 0 Å². The Labute approximate surface area is 187 Å². The van der Waals surface area contributed by atoms with Gasteiger partial charge in [-0.15, -0.1) is 0 Å². The van der Waals surface area contributed by atoms with Crippen molar-refractivity contribution in [1.29, 1.82) is 0 Å². The summed E-state index contributed by atoms with van der Waals surface area (Å²) in [5.74, 6) is -1.25.